The SMILES string of the molecule is Cc1ccc(NS(=O)(=O)c2cccnc2CN)cc1F. The fourth-order valence-corrected chi connectivity index (χ4v) is 2.94. The van der Waals surface area contributed by atoms with E-state index in [9.17, 15) is 12.8 Å². The summed E-state index contributed by atoms with van der Waals surface area (Å²) < 4.78 is 40.2. The van der Waals surface area contributed by atoms with Crippen molar-refractivity contribution >= 4 is 15.7 Å². The molecule has 0 bridgehead atoms. The molecule has 2 aromatic rings. The van der Waals surface area contributed by atoms with Crippen molar-refractivity contribution in [3.8, 4) is 0 Å². The zero-order chi connectivity index (χ0) is 14.8. The van der Waals surface area contributed by atoms with Crippen molar-refractivity contribution in [2.24, 2.45) is 5.73 Å². The number of hydrogen-bond acceptors (Lipinski definition) is 4. The van der Waals surface area contributed by atoms with E-state index in [4.69, 9.17) is 5.73 Å². The van der Waals surface area contributed by atoms with Gasteiger partial charge in [-0.15, -0.1) is 0 Å². The summed E-state index contributed by atoms with van der Waals surface area (Å²) in [5, 5.41) is 0. The summed E-state index contributed by atoms with van der Waals surface area (Å²) in [6.07, 6.45) is 1.47. The Morgan fingerprint density at radius 3 is 2.75 bits per heavy atom. The van der Waals surface area contributed by atoms with Gasteiger partial charge in [0.1, 0.15) is 10.7 Å². The van der Waals surface area contributed by atoms with E-state index in [-0.39, 0.29) is 22.8 Å². The fourth-order valence-electron chi connectivity index (χ4n) is 1.69. The van der Waals surface area contributed by atoms with E-state index in [2.05, 4.69) is 9.71 Å². The molecule has 0 aliphatic heterocycles. The molecule has 0 spiro atoms. The van der Waals surface area contributed by atoms with E-state index in [1.807, 2.05) is 0 Å². The zero-order valence-corrected chi connectivity index (χ0v) is 11.6. The lowest BCUT2D eigenvalue weighted by molar-refractivity contribution is 0.599. The number of nitrogens with two attached hydrogens (primary N) is 1. The van der Waals surface area contributed by atoms with Crippen molar-refractivity contribution in [1.82, 2.24) is 4.98 Å². The highest BCUT2D eigenvalue weighted by Gasteiger charge is 2.18. The lowest BCUT2D eigenvalue weighted by atomic mass is 10.2. The topological polar surface area (TPSA) is 85.1 Å². The molecule has 1 aromatic carbocycles. The molecule has 0 radical (unpaired) electrons. The summed E-state index contributed by atoms with van der Waals surface area (Å²) in [6.45, 7) is 1.60. The highest BCUT2D eigenvalue weighted by molar-refractivity contribution is 7.92. The Bertz CT molecular complexity index is 732. The molecular weight excluding hydrogens is 281 g/mol. The molecule has 1 aromatic heterocycles. The van der Waals surface area contributed by atoms with Gasteiger partial charge in [0, 0.05) is 12.7 Å². The zero-order valence-electron chi connectivity index (χ0n) is 10.8. The first-order valence-electron chi connectivity index (χ1n) is 5.87. The van der Waals surface area contributed by atoms with Crippen molar-refractivity contribution in [1.29, 1.82) is 0 Å². The number of nitrogens with zero attached hydrogens (tertiary/aromatic N) is 1. The summed E-state index contributed by atoms with van der Waals surface area (Å²) in [6, 6.07) is 7.03. The second-order valence-electron chi connectivity index (χ2n) is 4.22. The second-order valence-corrected chi connectivity index (χ2v) is 5.87. The number of rotatable bonds is 4. The fraction of sp³-hybridized carbons (Fsp3) is 0.154. The van der Waals surface area contributed by atoms with Crippen LogP contribution in [-0.2, 0) is 16.6 Å². The number of aromatic nitrogens is 1. The van der Waals surface area contributed by atoms with Crippen LogP contribution in [0.2, 0.25) is 0 Å². The van der Waals surface area contributed by atoms with Crippen LogP contribution in [0.25, 0.3) is 0 Å². The van der Waals surface area contributed by atoms with E-state index in [0.29, 0.717) is 5.56 Å². The van der Waals surface area contributed by atoms with Gasteiger partial charge in [-0.25, -0.2) is 12.8 Å². The molecule has 106 valence electrons. The maximum Gasteiger partial charge on any atom is 0.263 e. The molecule has 1 heterocycles. The normalized spacial score (nSPS) is 11.3. The van der Waals surface area contributed by atoms with Crippen LogP contribution in [0.5, 0.6) is 0 Å². The van der Waals surface area contributed by atoms with Crippen LogP contribution < -0.4 is 10.5 Å². The molecule has 20 heavy (non-hydrogen) atoms. The number of pyridine rings is 1. The lowest BCUT2D eigenvalue weighted by Crippen LogP contribution is -2.17. The third-order valence-corrected chi connectivity index (χ3v) is 4.21. The number of aryl methyl sites for hydroxylation is 1. The minimum atomic E-state index is -3.84. The van der Waals surface area contributed by atoms with Gasteiger partial charge in [-0.3, -0.25) is 9.71 Å². The van der Waals surface area contributed by atoms with Crippen LogP contribution in [0.15, 0.2) is 41.4 Å². The molecule has 7 heteroatoms. The van der Waals surface area contributed by atoms with Gasteiger partial charge in [-0.1, -0.05) is 6.07 Å². The monoisotopic (exact) mass is 295 g/mol. The first-order valence-corrected chi connectivity index (χ1v) is 7.35. The molecule has 2 rings (SSSR count). The van der Waals surface area contributed by atoms with E-state index >= 15 is 0 Å². The van der Waals surface area contributed by atoms with Gasteiger partial charge >= 0.3 is 0 Å². The minimum Gasteiger partial charge on any atom is -0.325 e. The Labute approximate surface area is 116 Å². The quantitative estimate of drug-likeness (QED) is 0.900. The maximum absolute atomic E-state index is 13.4. The molecule has 0 saturated heterocycles. The highest BCUT2D eigenvalue weighted by Crippen LogP contribution is 2.20. The van der Waals surface area contributed by atoms with Crippen LogP contribution in [0.1, 0.15) is 11.3 Å². The summed E-state index contributed by atoms with van der Waals surface area (Å²) in [5.74, 6) is -0.476. The smallest absolute Gasteiger partial charge is 0.263 e. The minimum absolute atomic E-state index is 0.000653. The van der Waals surface area contributed by atoms with Crippen LogP contribution in [0.4, 0.5) is 10.1 Å². The third kappa shape index (κ3) is 2.94. The Morgan fingerprint density at radius 2 is 2.10 bits per heavy atom. The Balaban J connectivity index is 2.38. The molecule has 0 aliphatic carbocycles. The predicted molar refractivity (Wildman–Crippen MR) is 74.1 cm³/mol. The summed E-state index contributed by atoms with van der Waals surface area (Å²) in [7, 11) is -3.84. The maximum atomic E-state index is 13.4. The molecule has 0 amide bonds. The van der Waals surface area contributed by atoms with Crippen LogP contribution >= 0.6 is 0 Å². The largest absolute Gasteiger partial charge is 0.325 e. The summed E-state index contributed by atoms with van der Waals surface area (Å²) in [5.41, 5.74) is 6.32. The number of sulfonamides is 1. The number of benzene rings is 1. The molecule has 0 aliphatic rings. The van der Waals surface area contributed by atoms with Gasteiger partial charge in [0.15, 0.2) is 0 Å². The van der Waals surface area contributed by atoms with Gasteiger partial charge in [-0.05, 0) is 36.8 Å². The first kappa shape index (κ1) is 14.4. The lowest BCUT2D eigenvalue weighted by Gasteiger charge is -2.11. The van der Waals surface area contributed by atoms with Crippen molar-refractivity contribution in [3.05, 3.63) is 53.6 Å². The predicted octanol–water partition coefficient (Wildman–Crippen LogP) is 1.79. The number of nitrogens with one attached hydrogen (secondary N) is 1. The molecule has 3 N–H and O–H groups in total. The summed E-state index contributed by atoms with van der Waals surface area (Å²) in [4.78, 5) is 3.91. The molecule has 0 atom stereocenters. The van der Waals surface area contributed by atoms with Gasteiger partial charge in [0.05, 0.1) is 11.4 Å². The Hall–Kier alpha value is -1.99. The van der Waals surface area contributed by atoms with Gasteiger partial charge in [-0.2, -0.15) is 0 Å². The van der Waals surface area contributed by atoms with Crippen molar-refractivity contribution < 1.29 is 12.8 Å². The van der Waals surface area contributed by atoms with Crippen molar-refractivity contribution in [2.75, 3.05) is 4.72 Å². The van der Waals surface area contributed by atoms with Crippen LogP contribution in [0.3, 0.4) is 0 Å². The molecular formula is C13H14FN3O2S. The van der Waals surface area contributed by atoms with Gasteiger partial charge in [0.25, 0.3) is 10.0 Å². The van der Waals surface area contributed by atoms with Crippen LogP contribution in [0, 0.1) is 12.7 Å². The third-order valence-electron chi connectivity index (χ3n) is 2.76. The van der Waals surface area contributed by atoms with Crippen molar-refractivity contribution in [3.63, 3.8) is 0 Å². The van der Waals surface area contributed by atoms with E-state index in [1.54, 1.807) is 6.92 Å². The van der Waals surface area contributed by atoms with E-state index < -0.39 is 15.8 Å². The first-order chi connectivity index (χ1) is 9.44. The standard InChI is InChI=1S/C13H14FN3O2S/c1-9-4-5-10(7-11(9)14)17-20(18,19)13-3-2-6-16-12(13)8-15/h2-7,17H,8,15H2,1H3. The molecule has 0 unspecified atom stereocenters. The van der Waals surface area contributed by atoms with Gasteiger partial charge < -0.3 is 5.73 Å². The van der Waals surface area contributed by atoms with Crippen LogP contribution in [-0.4, -0.2) is 13.4 Å². The number of hydrogen-bond donors (Lipinski definition) is 2. The summed E-state index contributed by atoms with van der Waals surface area (Å²) >= 11 is 0. The number of halogens is 1. The Kier molecular flexibility index (Phi) is 4.01. The van der Waals surface area contributed by atoms with E-state index in [1.165, 1.54) is 30.5 Å². The Morgan fingerprint density at radius 1 is 1.35 bits per heavy atom. The van der Waals surface area contributed by atoms with E-state index in [0.717, 1.165) is 6.07 Å². The average molecular weight is 295 g/mol. The number of anilines is 1. The molecule has 0 saturated carbocycles. The molecule has 5 nitrogen and oxygen atoms in total. The highest BCUT2D eigenvalue weighted by atomic mass is 32.2. The average Bonchev–Trinajstić information content (AvgIpc) is 2.42. The second kappa shape index (κ2) is 5.56. The van der Waals surface area contributed by atoms with Gasteiger partial charge in [0.2, 0.25) is 0 Å². The van der Waals surface area contributed by atoms with Crippen molar-refractivity contribution in [2.45, 2.75) is 18.4 Å². The molecule has 0 fully saturated rings.